The molecule has 0 aromatic rings. The van der Waals surface area contributed by atoms with Crippen LogP contribution in [-0.4, -0.2) is 36.5 Å². The molecule has 1 aliphatic heterocycles. The highest BCUT2D eigenvalue weighted by atomic mass is 16.1. The van der Waals surface area contributed by atoms with Gasteiger partial charge in [-0.3, -0.25) is 4.79 Å². The van der Waals surface area contributed by atoms with Gasteiger partial charge in [0.25, 0.3) is 0 Å². The van der Waals surface area contributed by atoms with E-state index in [-0.39, 0.29) is 0 Å². The molecule has 0 bridgehead atoms. The van der Waals surface area contributed by atoms with E-state index < -0.39 is 11.9 Å². The molecule has 14 heavy (non-hydrogen) atoms. The highest BCUT2D eigenvalue weighted by Crippen LogP contribution is 2.19. The summed E-state index contributed by atoms with van der Waals surface area (Å²) < 4.78 is 0. The van der Waals surface area contributed by atoms with Gasteiger partial charge in [-0.15, -0.1) is 0 Å². The van der Waals surface area contributed by atoms with Gasteiger partial charge in [-0.05, 0) is 31.8 Å². The van der Waals surface area contributed by atoms with Crippen molar-refractivity contribution in [1.82, 2.24) is 4.90 Å². The van der Waals surface area contributed by atoms with E-state index in [1.807, 2.05) is 0 Å². The van der Waals surface area contributed by atoms with Gasteiger partial charge in [0.05, 0.1) is 6.04 Å². The summed E-state index contributed by atoms with van der Waals surface area (Å²) in [7, 11) is 0. The molecule has 1 saturated heterocycles. The Labute approximate surface area is 85.6 Å². The Bertz CT molecular complexity index is 188. The standard InChI is InChI=1S/C10H21N3O/c1-2-8-3-5-13(6-4-8)7-9(11)10(12)14/h8-9H,2-7,11H2,1H3,(H2,12,14). The van der Waals surface area contributed by atoms with Crippen LogP contribution in [0, 0.1) is 5.92 Å². The first-order valence-electron chi connectivity index (χ1n) is 5.40. The lowest BCUT2D eigenvalue weighted by atomic mass is 9.94. The number of primary amides is 1. The maximum atomic E-state index is 10.8. The van der Waals surface area contributed by atoms with Gasteiger partial charge in [0, 0.05) is 6.54 Å². The van der Waals surface area contributed by atoms with E-state index in [9.17, 15) is 4.79 Å². The topological polar surface area (TPSA) is 72.3 Å². The van der Waals surface area contributed by atoms with Crippen molar-refractivity contribution in [3.8, 4) is 0 Å². The van der Waals surface area contributed by atoms with Crippen molar-refractivity contribution in [3.05, 3.63) is 0 Å². The summed E-state index contributed by atoms with van der Waals surface area (Å²) in [4.78, 5) is 13.0. The van der Waals surface area contributed by atoms with E-state index in [0.29, 0.717) is 6.54 Å². The number of nitrogens with zero attached hydrogens (tertiary/aromatic N) is 1. The van der Waals surface area contributed by atoms with E-state index in [0.717, 1.165) is 19.0 Å². The molecule has 1 amide bonds. The summed E-state index contributed by atoms with van der Waals surface area (Å²) in [6.45, 7) is 4.96. The summed E-state index contributed by atoms with van der Waals surface area (Å²) in [5.41, 5.74) is 10.7. The third-order valence-electron chi connectivity index (χ3n) is 3.10. The molecule has 1 atom stereocenters. The molecule has 0 saturated carbocycles. The van der Waals surface area contributed by atoms with E-state index in [1.54, 1.807) is 0 Å². The summed E-state index contributed by atoms with van der Waals surface area (Å²) in [6, 6.07) is -0.506. The number of carbonyl (C=O) groups excluding carboxylic acids is 1. The molecule has 1 fully saturated rings. The molecule has 0 aliphatic carbocycles. The van der Waals surface area contributed by atoms with Crippen molar-refractivity contribution in [2.24, 2.45) is 17.4 Å². The van der Waals surface area contributed by atoms with E-state index in [2.05, 4.69) is 11.8 Å². The lowest BCUT2D eigenvalue weighted by Crippen LogP contribution is -2.48. The van der Waals surface area contributed by atoms with Crippen LogP contribution in [0.1, 0.15) is 26.2 Å². The smallest absolute Gasteiger partial charge is 0.235 e. The maximum Gasteiger partial charge on any atom is 0.235 e. The summed E-state index contributed by atoms with van der Waals surface area (Å²) in [5.74, 6) is 0.457. The Hall–Kier alpha value is -0.610. The molecule has 4 nitrogen and oxygen atoms in total. The van der Waals surface area contributed by atoms with E-state index in [4.69, 9.17) is 11.5 Å². The first kappa shape index (κ1) is 11.5. The molecule has 1 rings (SSSR count). The molecule has 0 aromatic carbocycles. The van der Waals surface area contributed by atoms with Gasteiger partial charge < -0.3 is 16.4 Å². The second-order valence-corrected chi connectivity index (χ2v) is 4.16. The summed E-state index contributed by atoms with van der Waals surface area (Å²) >= 11 is 0. The SMILES string of the molecule is CCC1CCN(CC(N)C(N)=O)CC1. The quantitative estimate of drug-likeness (QED) is 0.665. The Kier molecular flexibility index (Phi) is 4.35. The third kappa shape index (κ3) is 3.27. The molecule has 4 N–H and O–H groups in total. The van der Waals surface area contributed by atoms with Crippen LogP contribution in [0.25, 0.3) is 0 Å². The zero-order chi connectivity index (χ0) is 10.6. The molecule has 0 spiro atoms. The Morgan fingerprint density at radius 2 is 2.07 bits per heavy atom. The van der Waals surface area contributed by atoms with Crippen molar-refractivity contribution >= 4 is 5.91 Å². The van der Waals surface area contributed by atoms with Crippen molar-refractivity contribution in [1.29, 1.82) is 0 Å². The molecule has 1 aliphatic rings. The summed E-state index contributed by atoms with van der Waals surface area (Å²) in [6.07, 6.45) is 3.71. The predicted molar refractivity (Wildman–Crippen MR) is 56.6 cm³/mol. The van der Waals surface area contributed by atoms with Crippen molar-refractivity contribution in [2.45, 2.75) is 32.2 Å². The van der Waals surface area contributed by atoms with Crippen LogP contribution in [0.4, 0.5) is 0 Å². The first-order chi connectivity index (χ1) is 6.63. The number of hydrogen-bond donors (Lipinski definition) is 2. The van der Waals surface area contributed by atoms with Crippen LogP contribution in [-0.2, 0) is 4.79 Å². The minimum atomic E-state index is -0.506. The number of nitrogens with two attached hydrogens (primary N) is 2. The van der Waals surface area contributed by atoms with E-state index >= 15 is 0 Å². The van der Waals surface area contributed by atoms with Crippen molar-refractivity contribution < 1.29 is 4.79 Å². The van der Waals surface area contributed by atoms with Crippen LogP contribution in [0.2, 0.25) is 0 Å². The Morgan fingerprint density at radius 1 is 1.50 bits per heavy atom. The number of amides is 1. The van der Waals surface area contributed by atoms with Gasteiger partial charge in [-0.1, -0.05) is 13.3 Å². The molecular weight excluding hydrogens is 178 g/mol. The second kappa shape index (κ2) is 5.32. The highest BCUT2D eigenvalue weighted by Gasteiger charge is 2.20. The number of carbonyl (C=O) groups is 1. The van der Waals surface area contributed by atoms with Gasteiger partial charge in [0.2, 0.25) is 5.91 Å². The third-order valence-corrected chi connectivity index (χ3v) is 3.10. The lowest BCUT2D eigenvalue weighted by molar-refractivity contribution is -0.119. The number of likely N-dealkylation sites (tertiary alicyclic amines) is 1. The minimum absolute atomic E-state index is 0.400. The molecule has 4 heteroatoms. The van der Waals surface area contributed by atoms with Gasteiger partial charge >= 0.3 is 0 Å². The minimum Gasteiger partial charge on any atom is -0.368 e. The number of piperidine rings is 1. The fourth-order valence-electron chi connectivity index (χ4n) is 1.95. The monoisotopic (exact) mass is 199 g/mol. The van der Waals surface area contributed by atoms with Gasteiger partial charge in [-0.2, -0.15) is 0 Å². The fourth-order valence-corrected chi connectivity index (χ4v) is 1.95. The Morgan fingerprint density at radius 3 is 2.50 bits per heavy atom. The molecule has 0 aromatic heterocycles. The van der Waals surface area contributed by atoms with Crippen molar-refractivity contribution in [3.63, 3.8) is 0 Å². The van der Waals surface area contributed by atoms with Crippen LogP contribution >= 0.6 is 0 Å². The van der Waals surface area contributed by atoms with Crippen LogP contribution in [0.5, 0.6) is 0 Å². The van der Waals surface area contributed by atoms with Crippen LogP contribution < -0.4 is 11.5 Å². The van der Waals surface area contributed by atoms with Crippen LogP contribution in [0.15, 0.2) is 0 Å². The first-order valence-corrected chi connectivity index (χ1v) is 5.40. The fraction of sp³-hybridized carbons (Fsp3) is 0.900. The summed E-state index contributed by atoms with van der Waals surface area (Å²) in [5, 5.41) is 0. The molecule has 82 valence electrons. The van der Waals surface area contributed by atoms with Gasteiger partial charge in [0.1, 0.15) is 0 Å². The second-order valence-electron chi connectivity index (χ2n) is 4.16. The van der Waals surface area contributed by atoms with Gasteiger partial charge in [0.15, 0.2) is 0 Å². The molecular formula is C10H21N3O. The molecule has 0 radical (unpaired) electrons. The predicted octanol–water partition coefficient (Wildman–Crippen LogP) is -0.0790. The molecule has 1 heterocycles. The Balaban J connectivity index is 2.25. The zero-order valence-electron chi connectivity index (χ0n) is 8.91. The maximum absolute atomic E-state index is 10.8. The number of hydrogen-bond acceptors (Lipinski definition) is 3. The average Bonchev–Trinajstić information content (AvgIpc) is 2.19. The van der Waals surface area contributed by atoms with Crippen LogP contribution in [0.3, 0.4) is 0 Å². The van der Waals surface area contributed by atoms with Gasteiger partial charge in [-0.25, -0.2) is 0 Å². The zero-order valence-corrected chi connectivity index (χ0v) is 8.91. The molecule has 1 unspecified atom stereocenters. The lowest BCUT2D eigenvalue weighted by Gasteiger charge is -2.32. The van der Waals surface area contributed by atoms with E-state index in [1.165, 1.54) is 19.3 Å². The van der Waals surface area contributed by atoms with Crippen molar-refractivity contribution in [2.75, 3.05) is 19.6 Å². The normalized spacial score (nSPS) is 22.1. The number of rotatable bonds is 4. The average molecular weight is 199 g/mol. The highest BCUT2D eigenvalue weighted by molar-refractivity contribution is 5.79. The largest absolute Gasteiger partial charge is 0.368 e.